The Hall–Kier alpha value is -2.14. The number of carbonyl (C=O) groups excluding carboxylic acids is 1. The lowest BCUT2D eigenvalue weighted by molar-refractivity contribution is -0.117. The van der Waals surface area contributed by atoms with Crippen LogP contribution < -0.4 is 10.2 Å². The lowest BCUT2D eigenvalue weighted by Crippen LogP contribution is -2.36. The molecule has 1 amide bonds. The van der Waals surface area contributed by atoms with E-state index in [1.54, 1.807) is 0 Å². The van der Waals surface area contributed by atoms with E-state index in [2.05, 4.69) is 46.7 Å². The van der Waals surface area contributed by atoms with E-state index in [9.17, 15) is 4.79 Å². The van der Waals surface area contributed by atoms with Crippen molar-refractivity contribution < 1.29 is 4.79 Å². The molecule has 24 heavy (non-hydrogen) atoms. The Morgan fingerprint density at radius 3 is 2.88 bits per heavy atom. The third-order valence-corrected chi connectivity index (χ3v) is 5.28. The van der Waals surface area contributed by atoms with Crippen LogP contribution in [0.25, 0.3) is 0 Å². The van der Waals surface area contributed by atoms with Crippen LogP contribution in [0, 0.1) is 0 Å². The Labute approximate surface area is 142 Å². The van der Waals surface area contributed by atoms with Crippen molar-refractivity contribution in [3.8, 4) is 0 Å². The van der Waals surface area contributed by atoms with Gasteiger partial charge in [-0.25, -0.2) is 0 Å². The zero-order chi connectivity index (χ0) is 16.5. The molecule has 2 N–H and O–H groups in total. The molecule has 5 nitrogen and oxygen atoms in total. The second-order valence-electron chi connectivity index (χ2n) is 6.94. The molecule has 0 bridgehead atoms. The van der Waals surface area contributed by atoms with E-state index in [-0.39, 0.29) is 5.91 Å². The van der Waals surface area contributed by atoms with Gasteiger partial charge >= 0.3 is 0 Å². The molecule has 2 heterocycles. The van der Waals surface area contributed by atoms with Gasteiger partial charge in [0.25, 0.3) is 0 Å². The normalized spacial score (nSPS) is 21.8. The largest absolute Gasteiger partial charge is 0.312 e. The number of amides is 1. The van der Waals surface area contributed by atoms with Crippen molar-refractivity contribution in [1.82, 2.24) is 15.5 Å². The number of benzene rings is 1. The maximum Gasteiger partial charge on any atom is 0.227 e. The van der Waals surface area contributed by atoms with E-state index in [1.807, 2.05) is 11.1 Å². The van der Waals surface area contributed by atoms with Gasteiger partial charge in [0.15, 0.2) is 0 Å². The first-order valence-corrected chi connectivity index (χ1v) is 8.88. The summed E-state index contributed by atoms with van der Waals surface area (Å²) in [4.78, 5) is 13.7. The molecule has 2 aromatic rings. The molecule has 0 unspecified atom stereocenters. The summed E-state index contributed by atoms with van der Waals surface area (Å²) in [7, 11) is 0. The highest BCUT2D eigenvalue weighted by atomic mass is 16.2. The number of rotatable bonds is 4. The molecular weight excluding hydrogens is 300 g/mol. The van der Waals surface area contributed by atoms with Gasteiger partial charge in [0, 0.05) is 36.4 Å². The third kappa shape index (κ3) is 2.96. The van der Waals surface area contributed by atoms with E-state index in [4.69, 9.17) is 0 Å². The van der Waals surface area contributed by atoms with Crippen LogP contribution in [0.2, 0.25) is 0 Å². The summed E-state index contributed by atoms with van der Waals surface area (Å²) in [5.41, 5.74) is 4.92. The summed E-state index contributed by atoms with van der Waals surface area (Å²) < 4.78 is 0. The van der Waals surface area contributed by atoms with Gasteiger partial charge in [-0.2, -0.15) is 5.10 Å². The van der Waals surface area contributed by atoms with Gasteiger partial charge in [0.1, 0.15) is 0 Å². The van der Waals surface area contributed by atoms with Crippen molar-refractivity contribution in [2.75, 3.05) is 11.4 Å². The molecular formula is C19H24N4O. The van der Waals surface area contributed by atoms with E-state index in [0.29, 0.717) is 18.5 Å². The highest BCUT2D eigenvalue weighted by molar-refractivity contribution is 5.95. The number of fused-ring (bicyclic) bond motifs is 1. The van der Waals surface area contributed by atoms with Crippen LogP contribution in [-0.2, 0) is 17.6 Å². The molecule has 0 saturated carbocycles. The highest BCUT2D eigenvalue weighted by Gasteiger charge is 2.23. The lowest BCUT2D eigenvalue weighted by atomic mass is 9.92. The molecule has 2 aliphatic rings. The topological polar surface area (TPSA) is 61.0 Å². The summed E-state index contributed by atoms with van der Waals surface area (Å²) in [5, 5.41) is 11.0. The number of hydrogen-bond acceptors (Lipinski definition) is 3. The predicted octanol–water partition coefficient (Wildman–Crippen LogP) is 2.74. The lowest BCUT2D eigenvalue weighted by Gasteiger charge is -2.27. The second kappa shape index (κ2) is 6.40. The standard InChI is InChI=1S/C19H24N4O/c1-13(21-16-6-9-18-15(11-16)12-20-22-18)14-4-7-17(8-5-14)23-10-2-3-19(23)24/h4-5,7-8,12-13,16,21H,2-3,6,9-11H2,1H3,(H,20,22)/t13-,16+/m0/s1. The first-order chi connectivity index (χ1) is 11.7. The number of hydrogen-bond donors (Lipinski definition) is 2. The van der Waals surface area contributed by atoms with Crippen molar-refractivity contribution in [3.05, 3.63) is 47.3 Å². The first-order valence-electron chi connectivity index (χ1n) is 8.88. The van der Waals surface area contributed by atoms with Gasteiger partial charge in [0.2, 0.25) is 5.91 Å². The fourth-order valence-corrected chi connectivity index (χ4v) is 3.87. The van der Waals surface area contributed by atoms with Crippen molar-refractivity contribution in [2.45, 2.75) is 51.1 Å². The van der Waals surface area contributed by atoms with Crippen LogP contribution in [0.3, 0.4) is 0 Å². The van der Waals surface area contributed by atoms with Crippen LogP contribution in [0.15, 0.2) is 30.5 Å². The first kappa shape index (κ1) is 15.4. The third-order valence-electron chi connectivity index (χ3n) is 5.28. The molecule has 126 valence electrons. The average Bonchev–Trinajstić information content (AvgIpc) is 3.23. The maximum absolute atomic E-state index is 11.8. The van der Waals surface area contributed by atoms with Crippen LogP contribution in [0.5, 0.6) is 0 Å². The smallest absolute Gasteiger partial charge is 0.227 e. The van der Waals surface area contributed by atoms with Gasteiger partial charge in [-0.3, -0.25) is 9.89 Å². The summed E-state index contributed by atoms with van der Waals surface area (Å²) >= 11 is 0. The molecule has 1 fully saturated rings. The second-order valence-corrected chi connectivity index (χ2v) is 6.94. The molecule has 2 atom stereocenters. The molecule has 4 rings (SSSR count). The molecule has 1 saturated heterocycles. The highest BCUT2D eigenvalue weighted by Crippen LogP contribution is 2.25. The summed E-state index contributed by atoms with van der Waals surface area (Å²) in [6.07, 6.45) is 6.84. The minimum Gasteiger partial charge on any atom is -0.312 e. The average molecular weight is 324 g/mol. The number of aryl methyl sites for hydroxylation is 1. The molecule has 0 spiro atoms. The molecule has 1 aliphatic heterocycles. The summed E-state index contributed by atoms with van der Waals surface area (Å²) in [6, 6.07) is 9.23. The molecule has 1 aliphatic carbocycles. The Balaban J connectivity index is 1.40. The summed E-state index contributed by atoms with van der Waals surface area (Å²) in [5.74, 6) is 0.243. The van der Waals surface area contributed by atoms with Crippen molar-refractivity contribution >= 4 is 11.6 Å². The minimum absolute atomic E-state index is 0.243. The van der Waals surface area contributed by atoms with Gasteiger partial charge in [-0.1, -0.05) is 12.1 Å². The Bertz CT molecular complexity index is 721. The Kier molecular flexibility index (Phi) is 4.10. The molecule has 1 aromatic heterocycles. The van der Waals surface area contributed by atoms with Crippen molar-refractivity contribution in [3.63, 3.8) is 0 Å². The number of H-pyrrole nitrogens is 1. The van der Waals surface area contributed by atoms with Gasteiger partial charge in [0.05, 0.1) is 6.20 Å². The fourth-order valence-electron chi connectivity index (χ4n) is 3.87. The molecule has 0 radical (unpaired) electrons. The predicted molar refractivity (Wildman–Crippen MR) is 94.0 cm³/mol. The number of aromatic nitrogens is 2. The van der Waals surface area contributed by atoms with Crippen LogP contribution >= 0.6 is 0 Å². The number of aromatic amines is 1. The van der Waals surface area contributed by atoms with E-state index >= 15 is 0 Å². The fraction of sp³-hybridized carbons (Fsp3) is 0.474. The Morgan fingerprint density at radius 1 is 1.29 bits per heavy atom. The molecule has 1 aromatic carbocycles. The van der Waals surface area contributed by atoms with E-state index < -0.39 is 0 Å². The van der Waals surface area contributed by atoms with Gasteiger partial charge in [-0.05, 0) is 55.9 Å². The van der Waals surface area contributed by atoms with E-state index in [1.165, 1.54) is 16.8 Å². The zero-order valence-corrected chi connectivity index (χ0v) is 14.1. The quantitative estimate of drug-likeness (QED) is 0.909. The van der Waals surface area contributed by atoms with Crippen molar-refractivity contribution in [1.29, 1.82) is 0 Å². The number of carbonyl (C=O) groups is 1. The van der Waals surface area contributed by atoms with Gasteiger partial charge < -0.3 is 10.2 Å². The van der Waals surface area contributed by atoms with E-state index in [0.717, 1.165) is 37.9 Å². The van der Waals surface area contributed by atoms with Gasteiger partial charge in [-0.15, -0.1) is 0 Å². The van der Waals surface area contributed by atoms with Crippen LogP contribution in [0.1, 0.15) is 49.0 Å². The number of nitrogens with one attached hydrogen (secondary N) is 2. The van der Waals surface area contributed by atoms with Crippen LogP contribution in [0.4, 0.5) is 5.69 Å². The SMILES string of the molecule is C[C@H](N[C@@H]1CCc2[nH]ncc2C1)c1ccc(N2CCCC2=O)cc1. The maximum atomic E-state index is 11.8. The minimum atomic E-state index is 0.243. The summed E-state index contributed by atoms with van der Waals surface area (Å²) in [6.45, 7) is 3.06. The van der Waals surface area contributed by atoms with Crippen molar-refractivity contribution in [2.24, 2.45) is 0 Å². The number of nitrogens with zero attached hydrogens (tertiary/aromatic N) is 2. The Morgan fingerprint density at radius 2 is 2.12 bits per heavy atom. The monoisotopic (exact) mass is 324 g/mol. The molecule has 5 heteroatoms. The number of anilines is 1. The van der Waals surface area contributed by atoms with Crippen LogP contribution in [-0.4, -0.2) is 28.7 Å². The zero-order valence-electron chi connectivity index (χ0n) is 14.1.